The summed E-state index contributed by atoms with van der Waals surface area (Å²) in [7, 11) is 3.58. The second-order valence-electron chi connectivity index (χ2n) is 9.73. The van der Waals surface area contributed by atoms with E-state index < -0.39 is 11.9 Å². The van der Waals surface area contributed by atoms with Gasteiger partial charge in [0.05, 0.1) is 31.0 Å². The van der Waals surface area contributed by atoms with Gasteiger partial charge in [-0.3, -0.25) is 4.79 Å². The van der Waals surface area contributed by atoms with Crippen LogP contribution in [-0.4, -0.2) is 64.8 Å². The van der Waals surface area contributed by atoms with Crippen LogP contribution in [0.25, 0.3) is 10.9 Å². The van der Waals surface area contributed by atoms with E-state index in [1.165, 1.54) is 19.1 Å². The van der Waals surface area contributed by atoms with Gasteiger partial charge in [0.25, 0.3) is 0 Å². The summed E-state index contributed by atoms with van der Waals surface area (Å²) in [5.41, 5.74) is 2.80. The maximum Gasteiger partial charge on any atom is 0.321 e. The molecule has 2 aromatic carbocycles. The van der Waals surface area contributed by atoms with Crippen LogP contribution in [0.1, 0.15) is 37.1 Å². The third kappa shape index (κ3) is 3.78. The molecule has 3 heterocycles. The number of methoxy groups -OCH3 is 1. The number of para-hydroxylation sites is 1. The number of hydrogen-bond acceptors (Lipinski definition) is 4. The van der Waals surface area contributed by atoms with E-state index in [0.29, 0.717) is 32.5 Å². The third-order valence-electron chi connectivity index (χ3n) is 7.85. The standard InChI is InChI=1S/C27H31FN4O4/c1-17(34)32-16-27(10-12-31(13-11-27)26(35)29-21-7-5-4-6-20(21)28)24-19-9-8-18(36-3)14-22(19)30(2)25(24)23(32)15-33/h4-9,14,23,33H,10-13,15-16H2,1-3H3,(H,29,35)/t23-/m0/s1. The number of likely N-dealkylation sites (tertiary alicyclic amines) is 1. The second-order valence-corrected chi connectivity index (χ2v) is 9.73. The van der Waals surface area contributed by atoms with Gasteiger partial charge in [-0.05, 0) is 42.7 Å². The number of fused-ring (bicyclic) bond motifs is 4. The first kappa shape index (κ1) is 24.1. The Bertz CT molecular complexity index is 1330. The van der Waals surface area contributed by atoms with Crippen LogP contribution < -0.4 is 10.1 Å². The highest BCUT2D eigenvalue weighted by Gasteiger charge is 2.49. The molecule has 36 heavy (non-hydrogen) atoms. The first-order valence-corrected chi connectivity index (χ1v) is 12.1. The van der Waals surface area contributed by atoms with Crippen molar-refractivity contribution in [2.24, 2.45) is 7.05 Å². The molecule has 1 saturated heterocycles. The predicted octanol–water partition coefficient (Wildman–Crippen LogP) is 3.79. The summed E-state index contributed by atoms with van der Waals surface area (Å²) in [6.07, 6.45) is 1.27. The van der Waals surface area contributed by atoms with E-state index in [0.717, 1.165) is 27.9 Å². The van der Waals surface area contributed by atoms with Crippen LogP contribution in [0, 0.1) is 5.82 Å². The van der Waals surface area contributed by atoms with E-state index in [2.05, 4.69) is 9.88 Å². The fourth-order valence-corrected chi connectivity index (χ4v) is 5.99. The predicted molar refractivity (Wildman–Crippen MR) is 135 cm³/mol. The Hall–Kier alpha value is -3.59. The number of ether oxygens (including phenoxy) is 1. The van der Waals surface area contributed by atoms with E-state index in [1.807, 2.05) is 25.2 Å². The second kappa shape index (κ2) is 9.13. The van der Waals surface area contributed by atoms with E-state index >= 15 is 0 Å². The molecule has 2 aliphatic rings. The first-order chi connectivity index (χ1) is 17.3. The molecular weight excluding hydrogens is 463 g/mol. The van der Waals surface area contributed by atoms with E-state index in [-0.39, 0.29) is 29.6 Å². The fraction of sp³-hybridized carbons (Fsp3) is 0.407. The minimum Gasteiger partial charge on any atom is -0.497 e. The van der Waals surface area contributed by atoms with E-state index in [9.17, 15) is 19.1 Å². The average molecular weight is 495 g/mol. The summed E-state index contributed by atoms with van der Waals surface area (Å²) < 4.78 is 21.6. The Morgan fingerprint density at radius 3 is 2.56 bits per heavy atom. The van der Waals surface area contributed by atoms with Gasteiger partial charge in [-0.25, -0.2) is 9.18 Å². The number of hydrogen-bond donors (Lipinski definition) is 2. The molecule has 0 unspecified atom stereocenters. The molecule has 0 saturated carbocycles. The molecule has 190 valence electrons. The Balaban J connectivity index is 1.52. The highest BCUT2D eigenvalue weighted by Crippen LogP contribution is 2.50. The van der Waals surface area contributed by atoms with Crippen LogP contribution in [0.4, 0.5) is 14.9 Å². The Morgan fingerprint density at radius 2 is 1.92 bits per heavy atom. The van der Waals surface area contributed by atoms with Crippen molar-refractivity contribution in [3.8, 4) is 5.75 Å². The number of piperidine rings is 1. The van der Waals surface area contributed by atoms with Crippen LogP contribution in [0.2, 0.25) is 0 Å². The van der Waals surface area contributed by atoms with Gasteiger partial charge in [0, 0.05) is 56.2 Å². The zero-order valence-corrected chi connectivity index (χ0v) is 20.8. The number of nitrogens with zero attached hydrogens (tertiary/aromatic N) is 3. The summed E-state index contributed by atoms with van der Waals surface area (Å²) >= 11 is 0. The number of nitrogens with one attached hydrogen (secondary N) is 1. The lowest BCUT2D eigenvalue weighted by Crippen LogP contribution is -2.56. The van der Waals surface area contributed by atoms with Crippen molar-refractivity contribution in [1.82, 2.24) is 14.4 Å². The zero-order valence-electron chi connectivity index (χ0n) is 20.8. The van der Waals surface area contributed by atoms with Gasteiger partial charge in [-0.2, -0.15) is 0 Å². The lowest BCUT2D eigenvalue weighted by molar-refractivity contribution is -0.135. The number of halogens is 1. The van der Waals surface area contributed by atoms with Crippen LogP contribution in [0.5, 0.6) is 5.75 Å². The maximum absolute atomic E-state index is 14.1. The van der Waals surface area contributed by atoms with Crippen molar-refractivity contribution in [2.45, 2.75) is 31.2 Å². The molecule has 5 rings (SSSR count). The molecule has 1 spiro atoms. The van der Waals surface area contributed by atoms with Crippen molar-refractivity contribution in [1.29, 1.82) is 0 Å². The minimum atomic E-state index is -0.477. The Morgan fingerprint density at radius 1 is 1.19 bits per heavy atom. The molecule has 0 aliphatic carbocycles. The van der Waals surface area contributed by atoms with Crippen molar-refractivity contribution in [2.75, 3.05) is 38.7 Å². The number of carbonyl (C=O) groups is 2. The number of urea groups is 1. The lowest BCUT2D eigenvalue weighted by Gasteiger charge is -2.50. The van der Waals surface area contributed by atoms with Gasteiger partial charge in [-0.15, -0.1) is 0 Å². The van der Waals surface area contributed by atoms with E-state index in [4.69, 9.17) is 4.74 Å². The van der Waals surface area contributed by atoms with Crippen LogP contribution >= 0.6 is 0 Å². The highest BCUT2D eigenvalue weighted by atomic mass is 19.1. The summed E-state index contributed by atoms with van der Waals surface area (Å²) in [5.74, 6) is 0.161. The zero-order chi connectivity index (χ0) is 25.6. The van der Waals surface area contributed by atoms with Crippen LogP contribution in [-0.2, 0) is 17.3 Å². The molecule has 0 radical (unpaired) electrons. The first-order valence-electron chi connectivity index (χ1n) is 12.1. The normalized spacial score (nSPS) is 18.9. The molecule has 2 aliphatic heterocycles. The van der Waals surface area contributed by atoms with Gasteiger partial charge in [-0.1, -0.05) is 12.1 Å². The number of carbonyl (C=O) groups excluding carboxylic acids is 2. The fourth-order valence-electron chi connectivity index (χ4n) is 5.99. The summed E-state index contributed by atoms with van der Waals surface area (Å²) in [6, 6.07) is 11.3. The Labute approximate surface area is 209 Å². The molecule has 1 fully saturated rings. The lowest BCUT2D eigenvalue weighted by atomic mass is 9.68. The number of benzene rings is 2. The van der Waals surface area contributed by atoms with E-state index in [1.54, 1.807) is 29.0 Å². The number of aliphatic hydroxyl groups is 1. The number of anilines is 1. The van der Waals surface area contributed by atoms with Gasteiger partial charge >= 0.3 is 6.03 Å². The van der Waals surface area contributed by atoms with Gasteiger partial charge in [0.2, 0.25) is 5.91 Å². The molecular formula is C27H31FN4O4. The number of rotatable bonds is 3. The average Bonchev–Trinajstić information content (AvgIpc) is 3.18. The van der Waals surface area contributed by atoms with Crippen molar-refractivity contribution < 1.29 is 23.8 Å². The summed E-state index contributed by atoms with van der Waals surface area (Å²) in [4.78, 5) is 29.1. The summed E-state index contributed by atoms with van der Waals surface area (Å²) in [5, 5.41) is 14.1. The highest BCUT2D eigenvalue weighted by molar-refractivity contribution is 5.91. The van der Waals surface area contributed by atoms with Gasteiger partial charge < -0.3 is 29.5 Å². The maximum atomic E-state index is 14.1. The number of aromatic nitrogens is 1. The molecule has 3 amide bonds. The molecule has 1 atom stereocenters. The molecule has 1 aromatic heterocycles. The van der Waals surface area contributed by atoms with Crippen LogP contribution in [0.3, 0.4) is 0 Å². The number of amides is 3. The van der Waals surface area contributed by atoms with Crippen molar-refractivity contribution in [3.63, 3.8) is 0 Å². The molecule has 3 aromatic rings. The Kier molecular flexibility index (Phi) is 6.12. The smallest absolute Gasteiger partial charge is 0.321 e. The molecule has 0 bridgehead atoms. The molecule has 2 N–H and O–H groups in total. The van der Waals surface area contributed by atoms with Crippen LogP contribution in [0.15, 0.2) is 42.5 Å². The molecule has 8 nitrogen and oxygen atoms in total. The summed E-state index contributed by atoms with van der Waals surface area (Å²) in [6.45, 7) is 2.74. The van der Waals surface area contributed by atoms with Gasteiger partial charge in [0.1, 0.15) is 11.6 Å². The van der Waals surface area contributed by atoms with Gasteiger partial charge in [0.15, 0.2) is 0 Å². The number of aliphatic hydroxyl groups excluding tert-OH is 1. The van der Waals surface area contributed by atoms with Crippen molar-refractivity contribution >= 4 is 28.5 Å². The number of aryl methyl sites for hydroxylation is 1. The quantitative estimate of drug-likeness (QED) is 0.580. The molecule has 9 heteroatoms. The largest absolute Gasteiger partial charge is 0.497 e. The SMILES string of the molecule is COc1ccc2c3c(n(C)c2c1)[C@H](CO)N(C(C)=O)CC31CCN(C(=O)Nc2ccccc2F)CC1. The monoisotopic (exact) mass is 494 g/mol. The van der Waals surface area contributed by atoms with Crippen molar-refractivity contribution in [3.05, 3.63) is 59.5 Å². The topological polar surface area (TPSA) is 87.0 Å². The third-order valence-corrected chi connectivity index (χ3v) is 7.85. The minimum absolute atomic E-state index is 0.0957.